The second-order valence-electron chi connectivity index (χ2n) is 5.42. The van der Waals surface area contributed by atoms with E-state index in [-0.39, 0.29) is 35.9 Å². The van der Waals surface area contributed by atoms with Crippen molar-refractivity contribution >= 4 is 35.8 Å². The Hall–Kier alpha value is -1.58. The number of guanidine groups is 1. The van der Waals surface area contributed by atoms with Gasteiger partial charge in [-0.05, 0) is 12.5 Å². The van der Waals surface area contributed by atoms with Gasteiger partial charge >= 0.3 is 0 Å². The molecule has 1 saturated heterocycles. The van der Waals surface area contributed by atoms with Crippen LogP contribution < -0.4 is 15.4 Å². The predicted octanol–water partition coefficient (Wildman–Crippen LogP) is 1.38. The van der Waals surface area contributed by atoms with Gasteiger partial charge in [-0.25, -0.2) is 4.98 Å². The van der Waals surface area contributed by atoms with Crippen LogP contribution in [0.5, 0.6) is 5.88 Å². The van der Waals surface area contributed by atoms with E-state index in [1.54, 1.807) is 14.2 Å². The lowest BCUT2D eigenvalue weighted by molar-refractivity contribution is -0.129. The number of hydrogen-bond donors (Lipinski definition) is 2. The number of amides is 1. The molecule has 134 valence electrons. The van der Waals surface area contributed by atoms with E-state index in [0.29, 0.717) is 24.8 Å². The molecule has 1 aliphatic heterocycles. The summed E-state index contributed by atoms with van der Waals surface area (Å²) in [6.45, 7) is 3.98. The van der Waals surface area contributed by atoms with Gasteiger partial charge in [0.25, 0.3) is 0 Å². The highest BCUT2D eigenvalue weighted by atomic mass is 127. The molecule has 0 aromatic carbocycles. The molecule has 0 bridgehead atoms. The van der Waals surface area contributed by atoms with Gasteiger partial charge in [0, 0.05) is 38.7 Å². The van der Waals surface area contributed by atoms with Gasteiger partial charge in [0.15, 0.2) is 5.96 Å². The zero-order chi connectivity index (χ0) is 16.7. The number of methoxy groups -OCH3 is 1. The number of rotatable bonds is 5. The standard InChI is InChI=1S/C16H25N5O2.HI/c1-4-15(22)21-9-8-13(11-21)20-16(17-2)18-10-12-6-5-7-14(19-12)23-3;/h5-7,13H,4,8-11H2,1-3H3,(H2,17,18,20);1H. The fraction of sp³-hybridized carbons (Fsp3) is 0.562. The molecule has 2 rings (SSSR count). The van der Waals surface area contributed by atoms with E-state index < -0.39 is 0 Å². The number of hydrogen-bond acceptors (Lipinski definition) is 4. The first kappa shape index (κ1) is 20.5. The van der Waals surface area contributed by atoms with Crippen molar-refractivity contribution in [1.29, 1.82) is 0 Å². The quantitative estimate of drug-likeness (QED) is 0.405. The van der Waals surface area contributed by atoms with Gasteiger partial charge in [-0.2, -0.15) is 0 Å². The monoisotopic (exact) mass is 447 g/mol. The Morgan fingerprint density at radius 1 is 1.50 bits per heavy atom. The van der Waals surface area contributed by atoms with Crippen molar-refractivity contribution < 1.29 is 9.53 Å². The number of likely N-dealkylation sites (tertiary alicyclic amines) is 1. The van der Waals surface area contributed by atoms with Crippen molar-refractivity contribution in [3.63, 3.8) is 0 Å². The summed E-state index contributed by atoms with van der Waals surface area (Å²) < 4.78 is 5.12. The van der Waals surface area contributed by atoms with Crippen molar-refractivity contribution in [2.45, 2.75) is 32.4 Å². The third-order valence-electron chi connectivity index (χ3n) is 3.84. The van der Waals surface area contributed by atoms with E-state index in [1.165, 1.54) is 0 Å². The van der Waals surface area contributed by atoms with Crippen LogP contribution >= 0.6 is 24.0 Å². The highest BCUT2D eigenvalue weighted by molar-refractivity contribution is 14.0. The van der Waals surface area contributed by atoms with Gasteiger partial charge in [-0.3, -0.25) is 9.79 Å². The molecular formula is C16H26IN5O2. The Kier molecular flexibility index (Phi) is 8.80. The van der Waals surface area contributed by atoms with Crippen molar-refractivity contribution in [1.82, 2.24) is 20.5 Å². The highest BCUT2D eigenvalue weighted by Gasteiger charge is 2.25. The summed E-state index contributed by atoms with van der Waals surface area (Å²) in [5.74, 6) is 1.51. The van der Waals surface area contributed by atoms with Gasteiger partial charge in [0.05, 0.1) is 19.3 Å². The zero-order valence-corrected chi connectivity index (χ0v) is 16.7. The molecule has 24 heavy (non-hydrogen) atoms. The average Bonchev–Trinajstić information content (AvgIpc) is 3.06. The Morgan fingerprint density at radius 2 is 2.29 bits per heavy atom. The lowest BCUT2D eigenvalue weighted by atomic mass is 10.3. The molecule has 7 nitrogen and oxygen atoms in total. The lowest BCUT2D eigenvalue weighted by Gasteiger charge is -2.18. The lowest BCUT2D eigenvalue weighted by Crippen LogP contribution is -2.44. The van der Waals surface area contributed by atoms with Crippen LogP contribution in [0, 0.1) is 0 Å². The van der Waals surface area contributed by atoms with Gasteiger partial charge in [-0.15, -0.1) is 24.0 Å². The fourth-order valence-corrected chi connectivity index (χ4v) is 2.56. The van der Waals surface area contributed by atoms with Crippen LogP contribution in [0.1, 0.15) is 25.5 Å². The Balaban J connectivity index is 0.00000288. The number of nitrogens with zero attached hydrogens (tertiary/aromatic N) is 3. The van der Waals surface area contributed by atoms with E-state index in [1.807, 2.05) is 30.0 Å². The summed E-state index contributed by atoms with van der Waals surface area (Å²) in [5, 5.41) is 6.60. The highest BCUT2D eigenvalue weighted by Crippen LogP contribution is 2.10. The van der Waals surface area contributed by atoms with Crippen molar-refractivity contribution in [2.75, 3.05) is 27.2 Å². The van der Waals surface area contributed by atoms with Crippen LogP contribution in [-0.2, 0) is 11.3 Å². The maximum absolute atomic E-state index is 11.7. The van der Waals surface area contributed by atoms with Gasteiger partial charge in [0.2, 0.25) is 11.8 Å². The van der Waals surface area contributed by atoms with Gasteiger partial charge in [0.1, 0.15) is 0 Å². The number of carbonyl (C=O) groups excluding carboxylic acids is 1. The molecule has 8 heteroatoms. The molecule has 1 amide bonds. The molecule has 0 aliphatic carbocycles. The first-order valence-corrected chi connectivity index (χ1v) is 7.91. The number of carbonyl (C=O) groups is 1. The summed E-state index contributed by atoms with van der Waals surface area (Å²) in [5.41, 5.74) is 0.876. The maximum Gasteiger partial charge on any atom is 0.222 e. The Bertz CT molecular complexity index is 567. The molecule has 0 saturated carbocycles. The molecule has 1 aromatic rings. The van der Waals surface area contributed by atoms with Crippen LogP contribution in [0.4, 0.5) is 0 Å². The van der Waals surface area contributed by atoms with E-state index in [0.717, 1.165) is 25.2 Å². The first-order chi connectivity index (χ1) is 11.2. The number of nitrogens with one attached hydrogen (secondary N) is 2. The summed E-state index contributed by atoms with van der Waals surface area (Å²) in [6, 6.07) is 5.88. The van der Waals surface area contributed by atoms with Crippen molar-refractivity contribution in [3.8, 4) is 5.88 Å². The minimum Gasteiger partial charge on any atom is -0.481 e. The Morgan fingerprint density at radius 3 is 2.96 bits per heavy atom. The smallest absolute Gasteiger partial charge is 0.222 e. The summed E-state index contributed by atoms with van der Waals surface area (Å²) in [6.07, 6.45) is 1.49. The van der Waals surface area contributed by atoms with Crippen LogP contribution in [0.2, 0.25) is 0 Å². The molecule has 2 N–H and O–H groups in total. The normalized spacial score (nSPS) is 17.2. The van der Waals surface area contributed by atoms with E-state index >= 15 is 0 Å². The topological polar surface area (TPSA) is 78.9 Å². The molecule has 0 spiro atoms. The van der Waals surface area contributed by atoms with Gasteiger partial charge < -0.3 is 20.3 Å². The second-order valence-corrected chi connectivity index (χ2v) is 5.42. The number of aromatic nitrogens is 1. The largest absolute Gasteiger partial charge is 0.481 e. The SMILES string of the molecule is CCC(=O)N1CCC(NC(=NC)NCc2cccc(OC)n2)C1.I. The molecule has 1 aromatic heterocycles. The molecular weight excluding hydrogens is 421 g/mol. The van der Waals surface area contributed by atoms with E-state index in [9.17, 15) is 4.79 Å². The Labute approximate surface area is 160 Å². The van der Waals surface area contributed by atoms with Crippen molar-refractivity contribution in [3.05, 3.63) is 23.9 Å². The van der Waals surface area contributed by atoms with Crippen LogP contribution in [0.3, 0.4) is 0 Å². The zero-order valence-electron chi connectivity index (χ0n) is 14.4. The molecule has 1 unspecified atom stereocenters. The van der Waals surface area contributed by atoms with Crippen LogP contribution in [0.15, 0.2) is 23.2 Å². The van der Waals surface area contributed by atoms with Crippen LogP contribution in [-0.4, -0.2) is 55.0 Å². The number of aliphatic imine (C=N–C) groups is 1. The first-order valence-electron chi connectivity index (χ1n) is 7.91. The fourth-order valence-electron chi connectivity index (χ4n) is 2.56. The molecule has 1 fully saturated rings. The average molecular weight is 447 g/mol. The molecule has 2 heterocycles. The second kappa shape index (κ2) is 10.3. The van der Waals surface area contributed by atoms with Crippen molar-refractivity contribution in [2.24, 2.45) is 4.99 Å². The molecule has 0 radical (unpaired) electrons. The summed E-state index contributed by atoms with van der Waals surface area (Å²) in [7, 11) is 3.34. The number of halogens is 1. The third kappa shape index (κ3) is 5.81. The molecule has 1 atom stereocenters. The molecule has 1 aliphatic rings. The van der Waals surface area contributed by atoms with E-state index in [2.05, 4.69) is 20.6 Å². The predicted molar refractivity (Wildman–Crippen MR) is 105 cm³/mol. The number of ether oxygens (including phenoxy) is 1. The number of pyridine rings is 1. The third-order valence-corrected chi connectivity index (χ3v) is 3.84. The minimum atomic E-state index is 0. The maximum atomic E-state index is 11.7. The van der Waals surface area contributed by atoms with E-state index in [4.69, 9.17) is 4.74 Å². The van der Waals surface area contributed by atoms with Gasteiger partial charge in [-0.1, -0.05) is 13.0 Å². The summed E-state index contributed by atoms with van der Waals surface area (Å²) in [4.78, 5) is 22.2. The van der Waals surface area contributed by atoms with Crippen LogP contribution in [0.25, 0.3) is 0 Å². The summed E-state index contributed by atoms with van der Waals surface area (Å²) >= 11 is 0. The minimum absolute atomic E-state index is 0.